The zero-order valence-electron chi connectivity index (χ0n) is 11.7. The lowest BCUT2D eigenvalue weighted by Crippen LogP contribution is -2.40. The molecular weight excluding hydrogens is 256 g/mol. The number of carbonyl (C=O) groups is 2. The van der Waals surface area contributed by atoms with Gasteiger partial charge in [0, 0.05) is 26.0 Å². The van der Waals surface area contributed by atoms with Crippen molar-refractivity contribution in [2.45, 2.75) is 32.2 Å². The molecule has 1 aromatic heterocycles. The predicted octanol–water partition coefficient (Wildman–Crippen LogP) is 1.93. The summed E-state index contributed by atoms with van der Waals surface area (Å²) in [6.45, 7) is 0.490. The highest BCUT2D eigenvalue weighted by atomic mass is 16.4. The molecule has 1 aromatic rings. The lowest BCUT2D eigenvalue weighted by atomic mass is 9.78. The monoisotopic (exact) mass is 276 g/mol. The smallest absolute Gasteiger partial charge is 0.307 e. The van der Waals surface area contributed by atoms with E-state index >= 15 is 0 Å². The Hall–Kier alpha value is -1.91. The van der Waals surface area contributed by atoms with Crippen LogP contribution in [0.15, 0.2) is 24.5 Å². The van der Waals surface area contributed by atoms with E-state index in [2.05, 4.69) is 4.98 Å². The minimum atomic E-state index is -0.847. The van der Waals surface area contributed by atoms with Crippen molar-refractivity contribution in [1.82, 2.24) is 9.88 Å². The Morgan fingerprint density at radius 1 is 1.25 bits per heavy atom. The summed E-state index contributed by atoms with van der Waals surface area (Å²) in [7, 11) is 1.73. The molecule has 108 valence electrons. The Morgan fingerprint density at radius 2 is 1.85 bits per heavy atom. The summed E-state index contributed by atoms with van der Waals surface area (Å²) in [6, 6.07) is 3.72. The minimum absolute atomic E-state index is 0.0612. The van der Waals surface area contributed by atoms with E-state index in [4.69, 9.17) is 0 Å². The Bertz CT molecular complexity index is 475. The Labute approximate surface area is 118 Å². The second-order valence-corrected chi connectivity index (χ2v) is 5.39. The van der Waals surface area contributed by atoms with Gasteiger partial charge in [-0.1, -0.05) is 12.8 Å². The first-order valence-electron chi connectivity index (χ1n) is 6.96. The van der Waals surface area contributed by atoms with E-state index in [0.29, 0.717) is 19.4 Å². The number of rotatable bonds is 4. The fraction of sp³-hybridized carbons (Fsp3) is 0.533. The number of hydrogen-bond acceptors (Lipinski definition) is 3. The van der Waals surface area contributed by atoms with Crippen LogP contribution in [0, 0.1) is 11.8 Å². The van der Waals surface area contributed by atoms with Crippen LogP contribution in [-0.2, 0) is 16.1 Å². The van der Waals surface area contributed by atoms with E-state index in [1.54, 1.807) is 24.3 Å². The largest absolute Gasteiger partial charge is 0.481 e. The van der Waals surface area contributed by atoms with Gasteiger partial charge in [-0.2, -0.15) is 0 Å². The summed E-state index contributed by atoms with van der Waals surface area (Å²) in [5, 5.41) is 9.25. The van der Waals surface area contributed by atoms with Crippen LogP contribution in [0.25, 0.3) is 0 Å². The topological polar surface area (TPSA) is 70.5 Å². The predicted molar refractivity (Wildman–Crippen MR) is 73.8 cm³/mol. The van der Waals surface area contributed by atoms with Crippen molar-refractivity contribution < 1.29 is 14.7 Å². The second-order valence-electron chi connectivity index (χ2n) is 5.39. The van der Waals surface area contributed by atoms with Gasteiger partial charge in [-0.05, 0) is 30.5 Å². The average molecular weight is 276 g/mol. The van der Waals surface area contributed by atoms with Crippen LogP contribution in [0.1, 0.15) is 31.2 Å². The van der Waals surface area contributed by atoms with Gasteiger partial charge in [-0.3, -0.25) is 14.6 Å². The summed E-state index contributed by atoms with van der Waals surface area (Å²) in [5.74, 6) is -1.82. The molecule has 1 heterocycles. The number of aliphatic carboxylic acids is 1. The number of carboxylic acids is 1. The fourth-order valence-electron chi connectivity index (χ4n) is 2.85. The van der Waals surface area contributed by atoms with Crippen LogP contribution in [0.5, 0.6) is 0 Å². The number of pyridine rings is 1. The van der Waals surface area contributed by atoms with E-state index in [1.807, 2.05) is 12.1 Å². The van der Waals surface area contributed by atoms with Gasteiger partial charge in [0.15, 0.2) is 0 Å². The molecule has 1 fully saturated rings. The molecule has 5 heteroatoms. The summed E-state index contributed by atoms with van der Waals surface area (Å²) in [4.78, 5) is 29.3. The molecule has 0 spiro atoms. The van der Waals surface area contributed by atoms with Crippen molar-refractivity contribution >= 4 is 11.9 Å². The maximum atomic E-state index is 12.5. The van der Waals surface area contributed by atoms with E-state index < -0.39 is 11.9 Å². The van der Waals surface area contributed by atoms with Gasteiger partial charge >= 0.3 is 5.97 Å². The molecule has 20 heavy (non-hydrogen) atoms. The highest BCUT2D eigenvalue weighted by Crippen LogP contribution is 2.31. The first kappa shape index (κ1) is 14.5. The Morgan fingerprint density at radius 3 is 2.45 bits per heavy atom. The SMILES string of the molecule is CN(Cc1ccncc1)C(=O)[C@@H]1CCCC[C@@H]1C(=O)O. The van der Waals surface area contributed by atoms with Crippen LogP contribution in [0.2, 0.25) is 0 Å². The normalized spacial score (nSPS) is 22.2. The van der Waals surface area contributed by atoms with E-state index in [1.165, 1.54) is 0 Å². The zero-order chi connectivity index (χ0) is 14.5. The van der Waals surface area contributed by atoms with Gasteiger partial charge in [0.25, 0.3) is 0 Å². The van der Waals surface area contributed by atoms with E-state index in [9.17, 15) is 14.7 Å². The fourth-order valence-corrected chi connectivity index (χ4v) is 2.85. The molecule has 0 aliphatic heterocycles. The molecule has 0 radical (unpaired) electrons. The number of carboxylic acid groups (broad SMARTS) is 1. The lowest BCUT2D eigenvalue weighted by Gasteiger charge is -2.31. The van der Waals surface area contributed by atoms with Crippen molar-refractivity contribution in [3.8, 4) is 0 Å². The molecule has 1 aliphatic carbocycles. The standard InChI is InChI=1S/C15H20N2O3/c1-17(10-11-6-8-16-9-7-11)14(18)12-4-2-3-5-13(12)15(19)20/h6-9,12-13H,2-5,10H2,1H3,(H,19,20)/t12-,13+/m1/s1. The van der Waals surface area contributed by atoms with E-state index in [-0.39, 0.29) is 11.8 Å². The first-order valence-corrected chi connectivity index (χ1v) is 6.96. The van der Waals surface area contributed by atoms with Crippen molar-refractivity contribution in [3.05, 3.63) is 30.1 Å². The minimum Gasteiger partial charge on any atom is -0.481 e. The molecular formula is C15H20N2O3. The zero-order valence-corrected chi connectivity index (χ0v) is 11.7. The van der Waals surface area contributed by atoms with Gasteiger partial charge in [0.05, 0.1) is 11.8 Å². The molecule has 0 bridgehead atoms. The molecule has 2 atom stereocenters. The van der Waals surface area contributed by atoms with Gasteiger partial charge in [0.1, 0.15) is 0 Å². The first-order chi connectivity index (χ1) is 9.59. The third-order valence-corrected chi connectivity index (χ3v) is 3.95. The lowest BCUT2D eigenvalue weighted by molar-refractivity contribution is -0.152. The van der Waals surface area contributed by atoms with Crippen molar-refractivity contribution in [2.75, 3.05) is 7.05 Å². The van der Waals surface area contributed by atoms with Crippen LogP contribution in [0.3, 0.4) is 0 Å². The van der Waals surface area contributed by atoms with Gasteiger partial charge in [-0.15, -0.1) is 0 Å². The number of amides is 1. The maximum absolute atomic E-state index is 12.5. The second kappa shape index (κ2) is 6.50. The molecule has 5 nitrogen and oxygen atoms in total. The molecule has 0 saturated heterocycles. The van der Waals surface area contributed by atoms with Crippen LogP contribution in [0.4, 0.5) is 0 Å². The molecule has 1 amide bonds. The summed E-state index contributed by atoms with van der Waals surface area (Å²) >= 11 is 0. The Kier molecular flexibility index (Phi) is 4.71. The summed E-state index contributed by atoms with van der Waals surface area (Å²) in [5.41, 5.74) is 0.999. The number of nitrogens with zero attached hydrogens (tertiary/aromatic N) is 2. The van der Waals surface area contributed by atoms with Crippen molar-refractivity contribution in [3.63, 3.8) is 0 Å². The molecule has 1 aliphatic rings. The summed E-state index contributed by atoms with van der Waals surface area (Å²) in [6.07, 6.45) is 6.49. The quantitative estimate of drug-likeness (QED) is 0.912. The maximum Gasteiger partial charge on any atom is 0.307 e. The van der Waals surface area contributed by atoms with Gasteiger partial charge < -0.3 is 10.0 Å². The number of hydrogen-bond donors (Lipinski definition) is 1. The molecule has 1 N–H and O–H groups in total. The van der Waals surface area contributed by atoms with Crippen molar-refractivity contribution in [2.24, 2.45) is 11.8 Å². The molecule has 2 rings (SSSR count). The Balaban J connectivity index is 2.03. The molecule has 0 unspecified atom stereocenters. The van der Waals surface area contributed by atoms with Gasteiger partial charge in [-0.25, -0.2) is 0 Å². The number of carbonyl (C=O) groups excluding carboxylic acids is 1. The third kappa shape index (κ3) is 3.35. The van der Waals surface area contributed by atoms with Crippen molar-refractivity contribution in [1.29, 1.82) is 0 Å². The highest BCUT2D eigenvalue weighted by Gasteiger charge is 2.36. The highest BCUT2D eigenvalue weighted by molar-refractivity contribution is 5.84. The summed E-state index contributed by atoms with van der Waals surface area (Å²) < 4.78 is 0. The van der Waals surface area contributed by atoms with Crippen LogP contribution in [-0.4, -0.2) is 33.9 Å². The molecule has 0 aromatic carbocycles. The average Bonchev–Trinajstić information content (AvgIpc) is 2.47. The third-order valence-electron chi connectivity index (χ3n) is 3.95. The van der Waals surface area contributed by atoms with Crippen LogP contribution < -0.4 is 0 Å². The number of aromatic nitrogens is 1. The van der Waals surface area contributed by atoms with Crippen LogP contribution >= 0.6 is 0 Å². The molecule has 1 saturated carbocycles. The van der Waals surface area contributed by atoms with Gasteiger partial charge in [0.2, 0.25) is 5.91 Å². The van der Waals surface area contributed by atoms with E-state index in [0.717, 1.165) is 18.4 Å².